The van der Waals surface area contributed by atoms with Gasteiger partial charge in [-0.2, -0.15) is 0 Å². The first-order chi connectivity index (χ1) is 6.26. The summed E-state index contributed by atoms with van der Waals surface area (Å²) in [5.41, 5.74) is 2.91. The molecule has 0 spiro atoms. The molecule has 0 bridgehead atoms. The summed E-state index contributed by atoms with van der Waals surface area (Å²) < 4.78 is 0. The van der Waals surface area contributed by atoms with Gasteiger partial charge >= 0.3 is 0 Å². The van der Waals surface area contributed by atoms with Crippen molar-refractivity contribution in [2.24, 2.45) is 0 Å². The number of aryl methyl sites for hydroxylation is 1. The Kier molecular flexibility index (Phi) is 3.90. The first-order valence-electron chi connectivity index (χ1n) is 4.05. The van der Waals surface area contributed by atoms with Crippen molar-refractivity contribution >= 4 is 28.3 Å². The van der Waals surface area contributed by atoms with E-state index in [2.05, 4.69) is 15.9 Å². The zero-order chi connectivity index (χ0) is 9.68. The predicted octanol–water partition coefficient (Wildman–Crippen LogP) is 3.22. The fourth-order valence-corrected chi connectivity index (χ4v) is 1.38. The summed E-state index contributed by atoms with van der Waals surface area (Å²) in [6.07, 6.45) is 4.87. The lowest BCUT2D eigenvalue weighted by Gasteiger charge is -1.98. The molecular formula is C11H11BrO. The quantitative estimate of drug-likeness (QED) is 0.584. The van der Waals surface area contributed by atoms with E-state index in [-0.39, 0.29) is 0 Å². The van der Waals surface area contributed by atoms with E-state index in [0.717, 1.165) is 28.3 Å². The zero-order valence-electron chi connectivity index (χ0n) is 7.46. The molecule has 0 aliphatic heterocycles. The van der Waals surface area contributed by atoms with Crippen molar-refractivity contribution in [3.05, 3.63) is 41.0 Å². The lowest BCUT2D eigenvalue weighted by atomic mass is 10.1. The number of hydrogen-bond acceptors (Lipinski definition) is 1. The smallest absolute Gasteiger partial charge is 0.150 e. The highest BCUT2D eigenvalue weighted by atomic mass is 79.9. The zero-order valence-corrected chi connectivity index (χ0v) is 9.04. The molecule has 0 atom stereocenters. The van der Waals surface area contributed by atoms with Gasteiger partial charge in [0.05, 0.1) is 0 Å². The van der Waals surface area contributed by atoms with E-state index in [4.69, 9.17) is 0 Å². The number of carbonyl (C=O) groups is 1. The third kappa shape index (κ3) is 3.15. The number of allylic oxidation sites excluding steroid dienone is 1. The summed E-state index contributed by atoms with van der Waals surface area (Å²) >= 11 is 3.30. The molecule has 13 heavy (non-hydrogen) atoms. The molecule has 0 aliphatic rings. The van der Waals surface area contributed by atoms with Crippen molar-refractivity contribution in [1.29, 1.82) is 0 Å². The van der Waals surface area contributed by atoms with Crippen LogP contribution in [0.1, 0.15) is 21.5 Å². The molecule has 1 aromatic rings. The van der Waals surface area contributed by atoms with Crippen molar-refractivity contribution in [3.8, 4) is 0 Å². The maximum absolute atomic E-state index is 10.6. The maximum Gasteiger partial charge on any atom is 0.150 e. The molecule has 2 heteroatoms. The van der Waals surface area contributed by atoms with Crippen LogP contribution in [0.15, 0.2) is 24.3 Å². The van der Waals surface area contributed by atoms with Crippen LogP contribution in [0.5, 0.6) is 0 Å². The van der Waals surface area contributed by atoms with Gasteiger partial charge in [0.25, 0.3) is 0 Å². The van der Waals surface area contributed by atoms with Crippen molar-refractivity contribution in [2.75, 3.05) is 5.33 Å². The summed E-state index contributed by atoms with van der Waals surface area (Å²) in [6.45, 7) is 1.98. The van der Waals surface area contributed by atoms with Gasteiger partial charge in [-0.25, -0.2) is 0 Å². The van der Waals surface area contributed by atoms with Gasteiger partial charge in [-0.1, -0.05) is 34.1 Å². The van der Waals surface area contributed by atoms with Crippen molar-refractivity contribution in [2.45, 2.75) is 6.92 Å². The largest absolute Gasteiger partial charge is 0.298 e. The highest BCUT2D eigenvalue weighted by Gasteiger charge is 1.94. The second-order valence-corrected chi connectivity index (χ2v) is 3.50. The first-order valence-corrected chi connectivity index (χ1v) is 5.18. The van der Waals surface area contributed by atoms with E-state index in [1.165, 1.54) is 0 Å². The Morgan fingerprint density at radius 1 is 1.31 bits per heavy atom. The topological polar surface area (TPSA) is 17.1 Å². The van der Waals surface area contributed by atoms with Crippen molar-refractivity contribution in [1.82, 2.24) is 0 Å². The highest BCUT2D eigenvalue weighted by molar-refractivity contribution is 9.09. The second kappa shape index (κ2) is 4.97. The first kappa shape index (κ1) is 10.2. The second-order valence-electron chi connectivity index (χ2n) is 2.85. The number of carbonyl (C=O) groups excluding carboxylic acids is 1. The molecule has 0 aromatic heterocycles. The molecule has 0 heterocycles. The van der Waals surface area contributed by atoms with Crippen LogP contribution in [0.25, 0.3) is 6.08 Å². The molecule has 0 fully saturated rings. The fraction of sp³-hybridized carbons (Fsp3) is 0.182. The van der Waals surface area contributed by atoms with Crippen LogP contribution < -0.4 is 0 Å². The molecule has 68 valence electrons. The number of alkyl halides is 1. The molecule has 0 saturated carbocycles. The average Bonchev–Trinajstić information content (AvgIpc) is 2.14. The molecule has 0 N–H and O–H groups in total. The van der Waals surface area contributed by atoms with Gasteiger partial charge in [-0.15, -0.1) is 0 Å². The molecule has 0 aliphatic carbocycles. The van der Waals surface area contributed by atoms with Gasteiger partial charge in [0.15, 0.2) is 0 Å². The van der Waals surface area contributed by atoms with Crippen LogP contribution >= 0.6 is 15.9 Å². The van der Waals surface area contributed by atoms with Gasteiger partial charge in [0.2, 0.25) is 0 Å². The highest BCUT2D eigenvalue weighted by Crippen LogP contribution is 2.09. The van der Waals surface area contributed by atoms with E-state index in [0.29, 0.717) is 0 Å². The number of rotatable bonds is 3. The van der Waals surface area contributed by atoms with Gasteiger partial charge < -0.3 is 0 Å². The van der Waals surface area contributed by atoms with Gasteiger partial charge in [0, 0.05) is 10.9 Å². The lowest BCUT2D eigenvalue weighted by molar-refractivity contribution is 0.112. The van der Waals surface area contributed by atoms with E-state index in [1.807, 2.05) is 37.3 Å². The van der Waals surface area contributed by atoms with E-state index in [1.54, 1.807) is 0 Å². The summed E-state index contributed by atoms with van der Waals surface area (Å²) in [4.78, 5) is 10.6. The van der Waals surface area contributed by atoms with Gasteiger partial charge in [-0.3, -0.25) is 4.79 Å². The van der Waals surface area contributed by atoms with Crippen LogP contribution in [-0.2, 0) is 0 Å². The Balaban J connectivity index is 3.01. The SMILES string of the molecule is Cc1cc(C=O)cc(C=CCBr)c1. The Hall–Kier alpha value is -0.890. The van der Waals surface area contributed by atoms with Crippen LogP contribution in [0, 0.1) is 6.92 Å². The van der Waals surface area contributed by atoms with E-state index in [9.17, 15) is 4.79 Å². The number of hydrogen-bond donors (Lipinski definition) is 0. The summed E-state index contributed by atoms with van der Waals surface area (Å²) in [6, 6.07) is 5.80. The van der Waals surface area contributed by atoms with Crippen molar-refractivity contribution < 1.29 is 4.79 Å². The minimum absolute atomic E-state index is 0.731. The Bertz CT molecular complexity index is 329. The lowest BCUT2D eigenvalue weighted by Crippen LogP contribution is -1.84. The van der Waals surface area contributed by atoms with Gasteiger partial charge in [-0.05, 0) is 30.2 Å². The molecule has 0 amide bonds. The number of halogens is 1. The molecule has 0 unspecified atom stereocenters. The number of aldehydes is 1. The van der Waals surface area contributed by atoms with Crippen LogP contribution in [0.4, 0.5) is 0 Å². The maximum atomic E-state index is 10.6. The molecular weight excluding hydrogens is 228 g/mol. The van der Waals surface area contributed by atoms with Crippen LogP contribution in [0.2, 0.25) is 0 Å². The molecule has 0 radical (unpaired) electrons. The third-order valence-electron chi connectivity index (χ3n) is 1.66. The molecule has 1 nitrogen and oxygen atoms in total. The third-order valence-corrected chi connectivity index (χ3v) is 2.03. The fourth-order valence-electron chi connectivity index (χ4n) is 1.19. The minimum atomic E-state index is 0.731. The van der Waals surface area contributed by atoms with Crippen LogP contribution in [0.3, 0.4) is 0 Å². The summed E-state index contributed by atoms with van der Waals surface area (Å²) in [5, 5.41) is 0.831. The average molecular weight is 239 g/mol. The van der Waals surface area contributed by atoms with E-state index >= 15 is 0 Å². The predicted molar refractivity (Wildman–Crippen MR) is 59.4 cm³/mol. The molecule has 1 aromatic carbocycles. The normalized spacial score (nSPS) is 10.6. The molecule has 0 saturated heterocycles. The Morgan fingerprint density at radius 3 is 2.62 bits per heavy atom. The van der Waals surface area contributed by atoms with E-state index < -0.39 is 0 Å². The summed E-state index contributed by atoms with van der Waals surface area (Å²) in [5.74, 6) is 0. The number of benzene rings is 1. The standard InChI is InChI=1S/C11H11BrO/c1-9-5-10(3-2-4-12)7-11(6-9)8-13/h2-3,5-8H,4H2,1H3. The van der Waals surface area contributed by atoms with Gasteiger partial charge in [0.1, 0.15) is 6.29 Å². The Morgan fingerprint density at radius 2 is 2.00 bits per heavy atom. The summed E-state index contributed by atoms with van der Waals surface area (Å²) in [7, 11) is 0. The van der Waals surface area contributed by atoms with Crippen LogP contribution in [-0.4, -0.2) is 11.6 Å². The Labute approximate surface area is 86.6 Å². The monoisotopic (exact) mass is 238 g/mol. The van der Waals surface area contributed by atoms with Crippen molar-refractivity contribution in [3.63, 3.8) is 0 Å². The molecule has 1 rings (SSSR count). The minimum Gasteiger partial charge on any atom is -0.298 e.